The Balaban J connectivity index is 1.82. The van der Waals surface area contributed by atoms with E-state index in [4.69, 9.17) is 0 Å². The average molecular weight is 256 g/mol. The van der Waals surface area contributed by atoms with Gasteiger partial charge in [0.1, 0.15) is 0 Å². The van der Waals surface area contributed by atoms with Crippen LogP contribution in [0.2, 0.25) is 0 Å². The van der Waals surface area contributed by atoms with Crippen LogP contribution in [0.4, 0.5) is 4.79 Å². The van der Waals surface area contributed by atoms with Crippen LogP contribution in [0.3, 0.4) is 0 Å². The van der Waals surface area contributed by atoms with Crippen LogP contribution in [0.15, 0.2) is 49.1 Å². The molecule has 0 bridgehead atoms. The highest BCUT2D eigenvalue weighted by Gasteiger charge is 2.08. The molecular weight excluding hydrogens is 240 g/mol. The Morgan fingerprint density at radius 1 is 1.21 bits per heavy atom. The predicted molar refractivity (Wildman–Crippen MR) is 72.3 cm³/mol. The summed E-state index contributed by atoms with van der Waals surface area (Å²) in [6.07, 6.45) is 6.85. The molecule has 0 saturated heterocycles. The van der Waals surface area contributed by atoms with Crippen LogP contribution in [0, 0.1) is 0 Å². The van der Waals surface area contributed by atoms with Gasteiger partial charge in [0.05, 0.1) is 6.04 Å². The molecule has 19 heavy (non-hydrogen) atoms. The third kappa shape index (κ3) is 4.06. The minimum absolute atomic E-state index is 0.0584. The van der Waals surface area contributed by atoms with Crippen LogP contribution in [-0.2, 0) is 6.54 Å². The Bertz CT molecular complexity index is 515. The summed E-state index contributed by atoms with van der Waals surface area (Å²) >= 11 is 0. The number of nitrogens with zero attached hydrogens (tertiary/aromatic N) is 2. The van der Waals surface area contributed by atoms with Crippen molar-refractivity contribution in [1.29, 1.82) is 0 Å². The van der Waals surface area contributed by atoms with Gasteiger partial charge in [0.2, 0.25) is 0 Å². The van der Waals surface area contributed by atoms with E-state index in [1.165, 1.54) is 0 Å². The van der Waals surface area contributed by atoms with Gasteiger partial charge in [0, 0.05) is 31.3 Å². The van der Waals surface area contributed by atoms with Gasteiger partial charge in [-0.2, -0.15) is 0 Å². The number of carbonyl (C=O) groups excluding carboxylic acids is 1. The summed E-state index contributed by atoms with van der Waals surface area (Å²) in [7, 11) is 0. The van der Waals surface area contributed by atoms with E-state index in [0.717, 1.165) is 11.1 Å². The summed E-state index contributed by atoms with van der Waals surface area (Å²) < 4.78 is 0. The number of hydrogen-bond donors (Lipinski definition) is 2. The zero-order valence-electron chi connectivity index (χ0n) is 10.7. The summed E-state index contributed by atoms with van der Waals surface area (Å²) in [6.45, 7) is 2.39. The molecule has 0 aliphatic carbocycles. The lowest BCUT2D eigenvalue weighted by Gasteiger charge is -2.14. The lowest BCUT2D eigenvalue weighted by Crippen LogP contribution is -2.36. The molecule has 0 saturated carbocycles. The van der Waals surface area contributed by atoms with Gasteiger partial charge in [-0.25, -0.2) is 4.79 Å². The van der Waals surface area contributed by atoms with Crippen molar-refractivity contribution in [2.45, 2.75) is 19.5 Å². The minimum Gasteiger partial charge on any atom is -0.334 e. The number of hydrogen-bond acceptors (Lipinski definition) is 3. The van der Waals surface area contributed by atoms with Crippen LogP contribution < -0.4 is 10.6 Å². The Morgan fingerprint density at radius 2 is 2.00 bits per heavy atom. The number of aromatic nitrogens is 2. The third-order valence-electron chi connectivity index (χ3n) is 2.73. The second kappa shape index (κ2) is 6.49. The zero-order valence-corrected chi connectivity index (χ0v) is 10.7. The molecule has 0 aromatic carbocycles. The first kappa shape index (κ1) is 13.0. The first-order chi connectivity index (χ1) is 9.25. The van der Waals surface area contributed by atoms with Gasteiger partial charge < -0.3 is 10.6 Å². The maximum atomic E-state index is 11.7. The van der Waals surface area contributed by atoms with E-state index in [9.17, 15) is 4.79 Å². The van der Waals surface area contributed by atoms with Crippen molar-refractivity contribution in [3.05, 3.63) is 60.2 Å². The van der Waals surface area contributed by atoms with Crippen molar-refractivity contribution >= 4 is 6.03 Å². The topological polar surface area (TPSA) is 66.9 Å². The Kier molecular flexibility index (Phi) is 4.44. The summed E-state index contributed by atoms with van der Waals surface area (Å²) in [5.41, 5.74) is 1.99. The highest BCUT2D eigenvalue weighted by atomic mass is 16.2. The molecule has 0 spiro atoms. The minimum atomic E-state index is -0.201. The van der Waals surface area contributed by atoms with E-state index < -0.39 is 0 Å². The normalized spacial score (nSPS) is 11.6. The van der Waals surface area contributed by atoms with Crippen molar-refractivity contribution in [2.75, 3.05) is 0 Å². The Labute approximate surface area is 112 Å². The van der Waals surface area contributed by atoms with Gasteiger partial charge in [0.15, 0.2) is 0 Å². The summed E-state index contributed by atoms with van der Waals surface area (Å²) in [4.78, 5) is 19.7. The number of nitrogens with one attached hydrogen (secondary N) is 2. The molecule has 1 atom stereocenters. The number of carbonyl (C=O) groups is 1. The molecule has 0 aliphatic heterocycles. The third-order valence-corrected chi connectivity index (χ3v) is 2.73. The molecule has 5 heteroatoms. The molecule has 0 aliphatic rings. The number of pyridine rings is 2. The molecule has 2 aromatic rings. The fraction of sp³-hybridized carbons (Fsp3) is 0.214. The molecule has 2 amide bonds. The van der Waals surface area contributed by atoms with E-state index in [2.05, 4.69) is 20.6 Å². The molecular formula is C14H16N4O. The first-order valence-electron chi connectivity index (χ1n) is 6.09. The van der Waals surface area contributed by atoms with Crippen LogP contribution in [0.25, 0.3) is 0 Å². The maximum absolute atomic E-state index is 11.7. The van der Waals surface area contributed by atoms with Crippen LogP contribution in [-0.4, -0.2) is 16.0 Å². The SMILES string of the molecule is CC(NC(=O)NCc1cccnc1)c1ccncc1. The largest absolute Gasteiger partial charge is 0.334 e. The monoisotopic (exact) mass is 256 g/mol. The van der Waals surface area contributed by atoms with Crippen LogP contribution >= 0.6 is 0 Å². The van der Waals surface area contributed by atoms with Crippen molar-refractivity contribution in [3.8, 4) is 0 Å². The molecule has 98 valence electrons. The van der Waals surface area contributed by atoms with Crippen molar-refractivity contribution < 1.29 is 4.79 Å². The van der Waals surface area contributed by atoms with E-state index >= 15 is 0 Å². The number of amides is 2. The molecule has 1 unspecified atom stereocenters. The average Bonchev–Trinajstić information content (AvgIpc) is 2.47. The molecule has 0 radical (unpaired) electrons. The van der Waals surface area contributed by atoms with Gasteiger partial charge in [-0.15, -0.1) is 0 Å². The van der Waals surface area contributed by atoms with Crippen molar-refractivity contribution in [1.82, 2.24) is 20.6 Å². The van der Waals surface area contributed by atoms with Gasteiger partial charge >= 0.3 is 6.03 Å². The highest BCUT2D eigenvalue weighted by Crippen LogP contribution is 2.09. The van der Waals surface area contributed by atoms with E-state index in [1.807, 2.05) is 31.2 Å². The molecule has 5 nitrogen and oxygen atoms in total. The first-order valence-corrected chi connectivity index (χ1v) is 6.09. The highest BCUT2D eigenvalue weighted by molar-refractivity contribution is 5.74. The zero-order chi connectivity index (χ0) is 13.5. The molecule has 0 fully saturated rings. The number of urea groups is 1. The quantitative estimate of drug-likeness (QED) is 0.879. The van der Waals surface area contributed by atoms with E-state index in [0.29, 0.717) is 6.54 Å². The standard InChI is InChI=1S/C14H16N4O/c1-11(13-4-7-15-8-5-13)18-14(19)17-10-12-3-2-6-16-9-12/h2-9,11H,10H2,1H3,(H2,17,18,19). The van der Waals surface area contributed by atoms with Gasteiger partial charge in [-0.1, -0.05) is 6.07 Å². The second-order valence-electron chi connectivity index (χ2n) is 4.19. The summed E-state index contributed by atoms with van der Waals surface area (Å²) in [6, 6.07) is 7.26. The van der Waals surface area contributed by atoms with E-state index in [1.54, 1.807) is 24.8 Å². The summed E-state index contributed by atoms with van der Waals surface area (Å²) in [5.74, 6) is 0. The Hall–Kier alpha value is -2.43. The molecule has 2 rings (SSSR count). The van der Waals surface area contributed by atoms with Crippen molar-refractivity contribution in [3.63, 3.8) is 0 Å². The number of rotatable bonds is 4. The maximum Gasteiger partial charge on any atom is 0.315 e. The smallest absolute Gasteiger partial charge is 0.315 e. The molecule has 2 heterocycles. The van der Waals surface area contributed by atoms with E-state index in [-0.39, 0.29) is 12.1 Å². The fourth-order valence-electron chi connectivity index (χ4n) is 1.67. The Morgan fingerprint density at radius 3 is 2.68 bits per heavy atom. The van der Waals surface area contributed by atoms with Gasteiger partial charge in [0.25, 0.3) is 0 Å². The second-order valence-corrected chi connectivity index (χ2v) is 4.19. The molecule has 2 aromatic heterocycles. The molecule has 2 N–H and O–H groups in total. The fourth-order valence-corrected chi connectivity index (χ4v) is 1.67. The summed E-state index contributed by atoms with van der Waals surface area (Å²) in [5, 5.41) is 5.66. The van der Waals surface area contributed by atoms with Crippen LogP contribution in [0.5, 0.6) is 0 Å². The van der Waals surface area contributed by atoms with Crippen LogP contribution in [0.1, 0.15) is 24.1 Å². The predicted octanol–water partition coefficient (Wildman–Crippen LogP) is 2.04. The lowest BCUT2D eigenvalue weighted by molar-refractivity contribution is 0.237. The van der Waals surface area contributed by atoms with Crippen molar-refractivity contribution in [2.24, 2.45) is 0 Å². The lowest BCUT2D eigenvalue weighted by atomic mass is 10.1. The van der Waals surface area contributed by atoms with Gasteiger partial charge in [-0.05, 0) is 36.2 Å². The van der Waals surface area contributed by atoms with Gasteiger partial charge in [-0.3, -0.25) is 9.97 Å².